The minimum Gasteiger partial charge on any atom is -0.336 e. The molecule has 1 aliphatic rings. The quantitative estimate of drug-likeness (QED) is 0.864. The number of halogens is 2. The maximum atomic E-state index is 12.3. The second-order valence-electron chi connectivity index (χ2n) is 5.98. The van der Waals surface area contributed by atoms with E-state index in [0.717, 1.165) is 0 Å². The number of piperidine rings is 1. The fraction of sp³-hybridized carbons (Fsp3) is 0.500. The van der Waals surface area contributed by atoms with Crippen LogP contribution >= 0.6 is 23.2 Å². The molecule has 23 heavy (non-hydrogen) atoms. The molecule has 1 saturated heterocycles. The summed E-state index contributed by atoms with van der Waals surface area (Å²) >= 11 is 11.9. The summed E-state index contributed by atoms with van der Waals surface area (Å²) in [5, 5.41) is 6.64. The number of hydrogen-bond acceptors (Lipinski definition) is 2. The third kappa shape index (κ3) is 5.01. The molecule has 3 amide bonds. The summed E-state index contributed by atoms with van der Waals surface area (Å²) in [7, 11) is 0. The van der Waals surface area contributed by atoms with E-state index in [1.165, 1.54) is 0 Å². The summed E-state index contributed by atoms with van der Waals surface area (Å²) in [6.07, 6.45) is 1.28. The van der Waals surface area contributed by atoms with E-state index in [1.807, 2.05) is 13.8 Å². The van der Waals surface area contributed by atoms with Gasteiger partial charge in [-0.2, -0.15) is 0 Å². The van der Waals surface area contributed by atoms with E-state index in [0.29, 0.717) is 41.7 Å². The Bertz CT molecular complexity index is 585. The molecule has 2 N–H and O–H groups in total. The van der Waals surface area contributed by atoms with Crippen molar-refractivity contribution in [2.24, 2.45) is 5.92 Å². The van der Waals surface area contributed by atoms with Gasteiger partial charge in [-0.1, -0.05) is 23.2 Å². The van der Waals surface area contributed by atoms with Gasteiger partial charge in [-0.15, -0.1) is 0 Å². The Morgan fingerprint density at radius 3 is 2.43 bits per heavy atom. The first-order valence-corrected chi connectivity index (χ1v) is 8.43. The summed E-state index contributed by atoms with van der Waals surface area (Å²) in [5.41, 5.74) is 0.557. The molecule has 1 aromatic rings. The molecule has 126 valence electrons. The molecule has 5 nitrogen and oxygen atoms in total. The maximum Gasteiger partial charge on any atom is 0.317 e. The van der Waals surface area contributed by atoms with Crippen LogP contribution in [0.5, 0.6) is 0 Å². The number of nitrogens with zero attached hydrogens (tertiary/aromatic N) is 1. The Hall–Kier alpha value is -1.46. The number of benzene rings is 1. The van der Waals surface area contributed by atoms with Crippen LogP contribution in [0.3, 0.4) is 0 Å². The van der Waals surface area contributed by atoms with E-state index < -0.39 is 0 Å². The van der Waals surface area contributed by atoms with E-state index in [2.05, 4.69) is 10.6 Å². The van der Waals surface area contributed by atoms with Gasteiger partial charge in [-0.3, -0.25) is 4.79 Å². The van der Waals surface area contributed by atoms with Gasteiger partial charge in [0.05, 0.1) is 10.7 Å². The van der Waals surface area contributed by atoms with Crippen LogP contribution in [0.25, 0.3) is 0 Å². The molecule has 1 fully saturated rings. The summed E-state index contributed by atoms with van der Waals surface area (Å²) < 4.78 is 0. The SMILES string of the molecule is CC(C)NC(=O)N1CCC(C(=O)Nc2ccc(Cl)cc2Cl)CC1. The third-order valence-corrected chi connectivity index (χ3v) is 4.30. The molecule has 0 unspecified atom stereocenters. The number of anilines is 1. The van der Waals surface area contributed by atoms with Gasteiger partial charge in [0.2, 0.25) is 5.91 Å². The van der Waals surface area contributed by atoms with E-state index in [1.54, 1.807) is 23.1 Å². The molecule has 1 heterocycles. The first kappa shape index (κ1) is 17.9. The lowest BCUT2D eigenvalue weighted by Gasteiger charge is -2.32. The van der Waals surface area contributed by atoms with E-state index >= 15 is 0 Å². The number of likely N-dealkylation sites (tertiary alicyclic amines) is 1. The molecular formula is C16H21Cl2N3O2. The fourth-order valence-corrected chi connectivity index (χ4v) is 2.96. The second kappa shape index (κ2) is 7.88. The Labute approximate surface area is 146 Å². The van der Waals surface area contributed by atoms with Crippen LogP contribution in [0, 0.1) is 5.92 Å². The highest BCUT2D eigenvalue weighted by Gasteiger charge is 2.27. The summed E-state index contributed by atoms with van der Waals surface area (Å²) in [6.45, 7) is 5.00. The smallest absolute Gasteiger partial charge is 0.317 e. The minimum atomic E-state index is -0.121. The van der Waals surface area contributed by atoms with Crippen molar-refractivity contribution in [3.8, 4) is 0 Å². The number of carbonyl (C=O) groups excluding carboxylic acids is 2. The van der Waals surface area contributed by atoms with Gasteiger partial charge in [0.15, 0.2) is 0 Å². The van der Waals surface area contributed by atoms with Crippen molar-refractivity contribution in [3.05, 3.63) is 28.2 Å². The van der Waals surface area contributed by atoms with Gasteiger partial charge in [0.1, 0.15) is 0 Å². The second-order valence-corrected chi connectivity index (χ2v) is 6.82. The van der Waals surface area contributed by atoms with Crippen molar-refractivity contribution in [2.75, 3.05) is 18.4 Å². The topological polar surface area (TPSA) is 61.4 Å². The van der Waals surface area contributed by atoms with Crippen molar-refractivity contribution in [1.82, 2.24) is 10.2 Å². The molecule has 1 aliphatic heterocycles. The zero-order chi connectivity index (χ0) is 17.0. The van der Waals surface area contributed by atoms with Crippen LogP contribution < -0.4 is 10.6 Å². The predicted molar refractivity (Wildman–Crippen MR) is 93.1 cm³/mol. The lowest BCUT2D eigenvalue weighted by Crippen LogP contribution is -2.47. The Morgan fingerprint density at radius 1 is 1.22 bits per heavy atom. The first-order valence-electron chi connectivity index (χ1n) is 7.68. The molecule has 0 bridgehead atoms. The summed E-state index contributed by atoms with van der Waals surface area (Å²) in [5.74, 6) is -0.192. The standard InChI is InChI=1S/C16H21Cl2N3O2/c1-10(2)19-16(23)21-7-5-11(6-8-21)15(22)20-14-4-3-12(17)9-13(14)18/h3-4,9-11H,5-8H2,1-2H3,(H,19,23)(H,20,22). The van der Waals surface area contributed by atoms with Crippen LogP contribution in [-0.4, -0.2) is 36.0 Å². The monoisotopic (exact) mass is 357 g/mol. The van der Waals surface area contributed by atoms with Gasteiger partial charge < -0.3 is 15.5 Å². The molecule has 2 rings (SSSR count). The summed E-state index contributed by atoms with van der Waals surface area (Å²) in [6, 6.07) is 5.00. The Balaban J connectivity index is 1.87. The van der Waals surface area contributed by atoms with Crippen LogP contribution in [0.4, 0.5) is 10.5 Å². The predicted octanol–water partition coefficient (Wildman–Crippen LogP) is 3.76. The molecule has 0 aliphatic carbocycles. The lowest BCUT2D eigenvalue weighted by atomic mass is 9.96. The molecule has 7 heteroatoms. The van der Waals surface area contributed by atoms with Crippen molar-refractivity contribution in [2.45, 2.75) is 32.7 Å². The van der Waals surface area contributed by atoms with Crippen molar-refractivity contribution in [1.29, 1.82) is 0 Å². The molecule has 0 saturated carbocycles. The van der Waals surface area contributed by atoms with Crippen LogP contribution in [-0.2, 0) is 4.79 Å². The number of urea groups is 1. The lowest BCUT2D eigenvalue weighted by molar-refractivity contribution is -0.121. The summed E-state index contributed by atoms with van der Waals surface area (Å²) in [4.78, 5) is 26.0. The number of rotatable bonds is 3. The van der Waals surface area contributed by atoms with Gasteiger partial charge in [0, 0.05) is 30.1 Å². The molecule has 0 atom stereocenters. The Morgan fingerprint density at radius 2 is 1.87 bits per heavy atom. The van der Waals surface area contributed by atoms with E-state index in [9.17, 15) is 9.59 Å². The molecule has 1 aromatic carbocycles. The largest absolute Gasteiger partial charge is 0.336 e. The van der Waals surface area contributed by atoms with Crippen LogP contribution in [0.2, 0.25) is 10.0 Å². The zero-order valence-corrected chi connectivity index (χ0v) is 14.7. The molecule has 0 aromatic heterocycles. The van der Waals surface area contributed by atoms with Crippen molar-refractivity contribution >= 4 is 40.8 Å². The van der Waals surface area contributed by atoms with Gasteiger partial charge in [0.25, 0.3) is 0 Å². The van der Waals surface area contributed by atoms with Gasteiger partial charge >= 0.3 is 6.03 Å². The minimum absolute atomic E-state index is 0.0698. The fourth-order valence-electron chi connectivity index (χ4n) is 2.51. The molecular weight excluding hydrogens is 337 g/mol. The Kier molecular flexibility index (Phi) is 6.13. The average molecular weight is 358 g/mol. The molecule has 0 spiro atoms. The highest BCUT2D eigenvalue weighted by atomic mass is 35.5. The van der Waals surface area contributed by atoms with Crippen molar-refractivity contribution in [3.63, 3.8) is 0 Å². The van der Waals surface area contributed by atoms with E-state index in [4.69, 9.17) is 23.2 Å². The van der Waals surface area contributed by atoms with Gasteiger partial charge in [-0.05, 0) is 44.9 Å². The van der Waals surface area contributed by atoms with Crippen molar-refractivity contribution < 1.29 is 9.59 Å². The third-order valence-electron chi connectivity index (χ3n) is 3.75. The highest BCUT2D eigenvalue weighted by Crippen LogP contribution is 2.27. The van der Waals surface area contributed by atoms with Gasteiger partial charge in [-0.25, -0.2) is 4.79 Å². The normalized spacial score (nSPS) is 15.6. The highest BCUT2D eigenvalue weighted by molar-refractivity contribution is 6.36. The number of hydrogen-bond donors (Lipinski definition) is 2. The number of carbonyl (C=O) groups is 2. The molecule has 0 radical (unpaired) electrons. The zero-order valence-electron chi connectivity index (χ0n) is 13.2. The van der Waals surface area contributed by atoms with E-state index in [-0.39, 0.29) is 23.9 Å². The maximum absolute atomic E-state index is 12.3. The first-order chi connectivity index (χ1) is 10.9. The van der Waals surface area contributed by atoms with Crippen LogP contribution in [0.15, 0.2) is 18.2 Å². The number of nitrogens with one attached hydrogen (secondary N) is 2. The average Bonchev–Trinajstić information content (AvgIpc) is 2.49. The van der Waals surface area contributed by atoms with Crippen LogP contribution in [0.1, 0.15) is 26.7 Å². The number of amides is 3.